The van der Waals surface area contributed by atoms with E-state index in [-0.39, 0.29) is 12.5 Å². The number of rotatable bonds is 5. The molecule has 0 atom stereocenters. The van der Waals surface area contributed by atoms with Crippen molar-refractivity contribution in [3.05, 3.63) is 34.9 Å². The summed E-state index contributed by atoms with van der Waals surface area (Å²) >= 11 is 0. The number of hydrogen-bond donors (Lipinski definition) is 2. The van der Waals surface area contributed by atoms with E-state index >= 15 is 0 Å². The van der Waals surface area contributed by atoms with E-state index in [4.69, 9.17) is 10.8 Å². The molecule has 0 aliphatic carbocycles. The van der Waals surface area contributed by atoms with E-state index in [1.165, 1.54) is 0 Å². The van der Waals surface area contributed by atoms with Crippen molar-refractivity contribution >= 4 is 5.91 Å². The molecule has 0 bridgehead atoms. The number of hydrogen-bond acceptors (Lipinski definition) is 3. The highest BCUT2D eigenvalue weighted by molar-refractivity contribution is 5.94. The van der Waals surface area contributed by atoms with Crippen LogP contribution < -0.4 is 5.73 Å². The van der Waals surface area contributed by atoms with Crippen LogP contribution in [0.5, 0.6) is 0 Å². The summed E-state index contributed by atoms with van der Waals surface area (Å²) in [6.45, 7) is 5.24. The monoisotopic (exact) mass is 274 g/mol. The molecule has 0 aliphatic heterocycles. The maximum Gasteiger partial charge on any atom is 0.253 e. The summed E-state index contributed by atoms with van der Waals surface area (Å²) < 4.78 is 0. The minimum Gasteiger partial charge on any atom is -0.395 e. The maximum absolute atomic E-state index is 12.4. The third kappa shape index (κ3) is 4.37. The lowest BCUT2D eigenvalue weighted by Crippen LogP contribution is -2.34. The Morgan fingerprint density at radius 1 is 1.40 bits per heavy atom. The fourth-order valence-electron chi connectivity index (χ4n) is 1.97. The number of nitrogens with zero attached hydrogens (tertiary/aromatic N) is 1. The van der Waals surface area contributed by atoms with E-state index < -0.39 is 0 Å². The average Bonchev–Trinajstić information content (AvgIpc) is 2.45. The van der Waals surface area contributed by atoms with Gasteiger partial charge in [0.2, 0.25) is 0 Å². The molecule has 0 unspecified atom stereocenters. The molecule has 0 radical (unpaired) electrons. The molecule has 1 amide bonds. The summed E-state index contributed by atoms with van der Waals surface area (Å²) in [5.41, 5.74) is 7.82. The Morgan fingerprint density at radius 3 is 2.70 bits per heavy atom. The van der Waals surface area contributed by atoms with Crippen molar-refractivity contribution in [2.45, 2.75) is 20.3 Å². The molecule has 0 heterocycles. The smallest absolute Gasteiger partial charge is 0.253 e. The Kier molecular flexibility index (Phi) is 6.78. The van der Waals surface area contributed by atoms with Crippen LogP contribution in [0.3, 0.4) is 0 Å². The van der Waals surface area contributed by atoms with Gasteiger partial charge in [-0.3, -0.25) is 4.79 Å². The van der Waals surface area contributed by atoms with Gasteiger partial charge in [0.15, 0.2) is 0 Å². The first-order valence-corrected chi connectivity index (χ1v) is 6.83. The highest BCUT2D eigenvalue weighted by Crippen LogP contribution is 2.12. The largest absolute Gasteiger partial charge is 0.395 e. The van der Waals surface area contributed by atoms with E-state index in [0.717, 1.165) is 17.5 Å². The van der Waals surface area contributed by atoms with Crippen LogP contribution in [0.25, 0.3) is 0 Å². The third-order valence-corrected chi connectivity index (χ3v) is 2.95. The van der Waals surface area contributed by atoms with Crippen LogP contribution in [0.1, 0.15) is 34.8 Å². The molecule has 1 rings (SSSR count). The number of aliphatic hydroxyl groups excluding tert-OH is 1. The Balaban J connectivity index is 2.95. The van der Waals surface area contributed by atoms with Crippen molar-refractivity contribution in [3.8, 4) is 11.8 Å². The van der Waals surface area contributed by atoms with Gasteiger partial charge in [-0.05, 0) is 37.1 Å². The fourth-order valence-corrected chi connectivity index (χ4v) is 1.97. The molecule has 1 aromatic carbocycles. The highest BCUT2D eigenvalue weighted by atomic mass is 16.3. The normalized spacial score (nSPS) is 9.80. The molecule has 3 N–H and O–H groups in total. The zero-order valence-corrected chi connectivity index (χ0v) is 12.1. The zero-order valence-electron chi connectivity index (χ0n) is 12.1. The van der Waals surface area contributed by atoms with E-state index in [0.29, 0.717) is 25.2 Å². The first-order chi connectivity index (χ1) is 9.63. The lowest BCUT2D eigenvalue weighted by Gasteiger charge is -2.21. The number of carbonyl (C=O) groups is 1. The van der Waals surface area contributed by atoms with Crippen LogP contribution >= 0.6 is 0 Å². The number of benzene rings is 1. The summed E-state index contributed by atoms with van der Waals surface area (Å²) in [4.78, 5) is 14.0. The summed E-state index contributed by atoms with van der Waals surface area (Å²) in [5, 5.41) is 9.03. The second-order valence-corrected chi connectivity index (χ2v) is 4.55. The highest BCUT2D eigenvalue weighted by Gasteiger charge is 2.14. The molecule has 4 nitrogen and oxygen atoms in total. The molecule has 1 aromatic rings. The molecule has 0 spiro atoms. The van der Waals surface area contributed by atoms with Gasteiger partial charge in [-0.2, -0.15) is 0 Å². The molecule has 4 heteroatoms. The molecule has 0 saturated heterocycles. The summed E-state index contributed by atoms with van der Waals surface area (Å²) in [7, 11) is 0. The second-order valence-electron chi connectivity index (χ2n) is 4.55. The Morgan fingerprint density at radius 2 is 2.15 bits per heavy atom. The van der Waals surface area contributed by atoms with Crippen molar-refractivity contribution in [1.82, 2.24) is 4.90 Å². The number of amides is 1. The third-order valence-electron chi connectivity index (χ3n) is 2.95. The molecule has 0 fully saturated rings. The van der Waals surface area contributed by atoms with E-state index in [9.17, 15) is 4.79 Å². The quantitative estimate of drug-likeness (QED) is 0.792. The zero-order chi connectivity index (χ0) is 15.0. The van der Waals surface area contributed by atoms with Gasteiger partial charge in [-0.1, -0.05) is 18.8 Å². The number of nitrogens with two attached hydrogens (primary N) is 1. The predicted octanol–water partition coefficient (Wildman–Crippen LogP) is 1.15. The van der Waals surface area contributed by atoms with Crippen LogP contribution in [0.4, 0.5) is 0 Å². The predicted molar refractivity (Wildman–Crippen MR) is 80.4 cm³/mol. The van der Waals surface area contributed by atoms with Crippen molar-refractivity contribution < 1.29 is 9.90 Å². The van der Waals surface area contributed by atoms with Gasteiger partial charge in [0.25, 0.3) is 5.91 Å². The Labute approximate surface area is 120 Å². The van der Waals surface area contributed by atoms with E-state index in [1.807, 2.05) is 26.0 Å². The van der Waals surface area contributed by atoms with Gasteiger partial charge in [-0.15, -0.1) is 0 Å². The molecule has 0 saturated carbocycles. The molecule has 20 heavy (non-hydrogen) atoms. The maximum atomic E-state index is 12.4. The van der Waals surface area contributed by atoms with E-state index in [1.54, 1.807) is 11.0 Å². The van der Waals surface area contributed by atoms with Crippen LogP contribution in [0.15, 0.2) is 18.2 Å². The van der Waals surface area contributed by atoms with Crippen LogP contribution in [0.2, 0.25) is 0 Å². The number of carbonyl (C=O) groups excluding carboxylic acids is 1. The average molecular weight is 274 g/mol. The van der Waals surface area contributed by atoms with E-state index in [2.05, 4.69) is 11.8 Å². The van der Waals surface area contributed by atoms with Crippen molar-refractivity contribution in [1.29, 1.82) is 0 Å². The van der Waals surface area contributed by atoms with Gasteiger partial charge in [0.1, 0.15) is 0 Å². The van der Waals surface area contributed by atoms with Crippen LogP contribution in [0, 0.1) is 18.8 Å². The standard InChI is InChI=1S/C16H22N2O2/c1-3-9-18(10-11-19)16(20)15-7-6-14(5-4-8-17)13(2)12-15/h6-7,12,19H,3,8-11,17H2,1-2H3. The van der Waals surface area contributed by atoms with Gasteiger partial charge < -0.3 is 15.7 Å². The molecule has 0 aromatic heterocycles. The summed E-state index contributed by atoms with van der Waals surface area (Å²) in [5.74, 6) is 5.73. The van der Waals surface area contributed by atoms with Gasteiger partial charge in [0, 0.05) is 24.2 Å². The van der Waals surface area contributed by atoms with Crippen molar-refractivity contribution in [2.75, 3.05) is 26.2 Å². The minimum atomic E-state index is -0.0534. The number of aryl methyl sites for hydroxylation is 1. The lowest BCUT2D eigenvalue weighted by atomic mass is 10.0. The van der Waals surface area contributed by atoms with Gasteiger partial charge >= 0.3 is 0 Å². The topological polar surface area (TPSA) is 66.6 Å². The number of aliphatic hydroxyl groups is 1. The molecule has 0 aliphatic rings. The van der Waals surface area contributed by atoms with Gasteiger partial charge in [-0.25, -0.2) is 0 Å². The molecular weight excluding hydrogens is 252 g/mol. The van der Waals surface area contributed by atoms with Crippen molar-refractivity contribution in [2.24, 2.45) is 5.73 Å². The van der Waals surface area contributed by atoms with Crippen LogP contribution in [-0.4, -0.2) is 42.2 Å². The molecule has 108 valence electrons. The Hall–Kier alpha value is -1.83. The SMILES string of the molecule is CCCN(CCO)C(=O)c1ccc(C#CCN)c(C)c1. The van der Waals surface area contributed by atoms with Gasteiger partial charge in [0.05, 0.1) is 13.2 Å². The van der Waals surface area contributed by atoms with Crippen LogP contribution in [-0.2, 0) is 0 Å². The first-order valence-electron chi connectivity index (χ1n) is 6.83. The first kappa shape index (κ1) is 16.2. The Bertz CT molecular complexity index is 509. The lowest BCUT2D eigenvalue weighted by molar-refractivity contribution is 0.0722. The van der Waals surface area contributed by atoms with Crippen molar-refractivity contribution in [3.63, 3.8) is 0 Å². The summed E-state index contributed by atoms with van der Waals surface area (Å²) in [6.07, 6.45) is 0.866. The second kappa shape index (κ2) is 8.36. The minimum absolute atomic E-state index is 0.0230. The fraction of sp³-hybridized carbons (Fsp3) is 0.438. The molecular formula is C16H22N2O2. The summed E-state index contributed by atoms with van der Waals surface area (Å²) in [6, 6.07) is 5.45.